The van der Waals surface area contributed by atoms with Gasteiger partial charge in [0.15, 0.2) is 0 Å². The average Bonchev–Trinajstić information content (AvgIpc) is 2.96. The van der Waals surface area contributed by atoms with E-state index >= 15 is 0 Å². The van der Waals surface area contributed by atoms with Crippen LogP contribution in [-0.2, 0) is 16.0 Å². The van der Waals surface area contributed by atoms with Gasteiger partial charge in [0.25, 0.3) is 0 Å². The van der Waals surface area contributed by atoms with Crippen molar-refractivity contribution in [2.45, 2.75) is 46.1 Å². The fourth-order valence-electron chi connectivity index (χ4n) is 1.76. The van der Waals surface area contributed by atoms with Gasteiger partial charge in [-0.2, -0.15) is 0 Å². The molecule has 0 amide bonds. The maximum Gasteiger partial charge on any atom is 0.312 e. The second kappa shape index (κ2) is 10.1. The van der Waals surface area contributed by atoms with Gasteiger partial charge in [-0.15, -0.1) is 11.3 Å². The Morgan fingerprint density at radius 2 is 2.26 bits per heavy atom. The van der Waals surface area contributed by atoms with Gasteiger partial charge >= 0.3 is 5.97 Å². The van der Waals surface area contributed by atoms with Gasteiger partial charge in [-0.3, -0.25) is 4.79 Å². The number of carbonyl (C=O) groups is 1. The number of allylic oxidation sites excluding steroid dienone is 2. The van der Waals surface area contributed by atoms with Crippen LogP contribution in [-0.4, -0.2) is 28.8 Å². The van der Waals surface area contributed by atoms with Crippen LogP contribution >= 0.6 is 11.3 Å². The van der Waals surface area contributed by atoms with Crippen molar-refractivity contribution in [2.24, 2.45) is 0 Å². The summed E-state index contributed by atoms with van der Waals surface area (Å²) in [5, 5.41) is 12.7. The Kier molecular flexibility index (Phi) is 8.51. The van der Waals surface area contributed by atoms with Crippen LogP contribution in [0, 0.1) is 0 Å². The molecule has 0 saturated heterocycles. The SMILES string of the molecule is C=C/C(C)=C\C[C@H](O)/C(C)=C/c1csc(CC(=O)OCCC)n1. The first kappa shape index (κ1) is 19.3. The summed E-state index contributed by atoms with van der Waals surface area (Å²) in [5.41, 5.74) is 2.64. The summed E-state index contributed by atoms with van der Waals surface area (Å²) in [6, 6.07) is 0. The minimum atomic E-state index is -0.551. The number of aromatic nitrogens is 1. The van der Waals surface area contributed by atoms with E-state index in [2.05, 4.69) is 11.6 Å². The molecule has 126 valence electrons. The normalized spacial score (nSPS) is 13.7. The van der Waals surface area contributed by atoms with E-state index in [0.717, 1.165) is 28.3 Å². The van der Waals surface area contributed by atoms with E-state index in [-0.39, 0.29) is 12.4 Å². The molecule has 0 bridgehead atoms. The Hall–Kier alpha value is -1.72. The molecule has 0 aliphatic carbocycles. The quantitative estimate of drug-likeness (QED) is 0.549. The minimum Gasteiger partial charge on any atom is -0.465 e. The van der Waals surface area contributed by atoms with Gasteiger partial charge in [0.1, 0.15) is 5.01 Å². The first-order valence-electron chi connectivity index (χ1n) is 7.71. The molecule has 1 aromatic heterocycles. The highest BCUT2D eigenvalue weighted by Gasteiger charge is 2.10. The van der Waals surface area contributed by atoms with Crippen molar-refractivity contribution < 1.29 is 14.6 Å². The van der Waals surface area contributed by atoms with E-state index in [1.807, 2.05) is 38.3 Å². The fraction of sp³-hybridized carbons (Fsp3) is 0.444. The van der Waals surface area contributed by atoms with Gasteiger partial charge in [-0.1, -0.05) is 31.2 Å². The third-order valence-electron chi connectivity index (χ3n) is 3.22. The van der Waals surface area contributed by atoms with Crippen LogP contribution < -0.4 is 0 Å². The topological polar surface area (TPSA) is 59.4 Å². The molecule has 5 heteroatoms. The van der Waals surface area contributed by atoms with E-state index in [9.17, 15) is 9.90 Å². The molecular weight excluding hydrogens is 310 g/mol. The van der Waals surface area contributed by atoms with Crippen molar-refractivity contribution in [3.8, 4) is 0 Å². The van der Waals surface area contributed by atoms with Crippen LogP contribution in [0.2, 0.25) is 0 Å². The van der Waals surface area contributed by atoms with E-state index in [0.29, 0.717) is 13.0 Å². The highest BCUT2D eigenvalue weighted by molar-refractivity contribution is 7.09. The zero-order chi connectivity index (χ0) is 17.2. The molecule has 23 heavy (non-hydrogen) atoms. The summed E-state index contributed by atoms with van der Waals surface area (Å²) >= 11 is 1.42. The molecule has 4 nitrogen and oxygen atoms in total. The minimum absolute atomic E-state index is 0.196. The van der Waals surface area contributed by atoms with Crippen LogP contribution in [0.4, 0.5) is 0 Å². The predicted molar refractivity (Wildman–Crippen MR) is 95.3 cm³/mol. The van der Waals surface area contributed by atoms with Crippen molar-refractivity contribution >= 4 is 23.4 Å². The molecule has 0 aliphatic rings. The van der Waals surface area contributed by atoms with Crippen LogP contribution in [0.15, 0.2) is 35.3 Å². The number of rotatable bonds is 9. The van der Waals surface area contributed by atoms with Gasteiger partial charge in [-0.25, -0.2) is 4.98 Å². The van der Waals surface area contributed by atoms with Crippen LogP contribution in [0.3, 0.4) is 0 Å². The predicted octanol–water partition coefficient (Wildman–Crippen LogP) is 3.93. The molecule has 1 aromatic rings. The van der Waals surface area contributed by atoms with Gasteiger partial charge in [0, 0.05) is 5.38 Å². The fourth-order valence-corrected chi connectivity index (χ4v) is 2.50. The van der Waals surface area contributed by atoms with Crippen molar-refractivity contribution in [3.05, 3.63) is 46.0 Å². The lowest BCUT2D eigenvalue weighted by Crippen LogP contribution is -2.08. The molecule has 1 N–H and O–H groups in total. The lowest BCUT2D eigenvalue weighted by molar-refractivity contribution is -0.142. The number of carbonyl (C=O) groups excluding carboxylic acids is 1. The maximum atomic E-state index is 11.6. The third-order valence-corrected chi connectivity index (χ3v) is 4.09. The van der Waals surface area contributed by atoms with E-state index in [4.69, 9.17) is 4.74 Å². The Labute approximate surface area is 142 Å². The Morgan fingerprint density at radius 3 is 2.91 bits per heavy atom. The summed E-state index contributed by atoms with van der Waals surface area (Å²) in [6.07, 6.45) is 6.56. The number of aliphatic hydroxyl groups excluding tert-OH is 1. The molecule has 0 aliphatic heterocycles. The van der Waals surface area contributed by atoms with Crippen LogP contribution in [0.25, 0.3) is 6.08 Å². The van der Waals surface area contributed by atoms with Crippen molar-refractivity contribution in [1.82, 2.24) is 4.98 Å². The molecule has 0 unspecified atom stereocenters. The Balaban J connectivity index is 2.62. The number of ether oxygens (including phenoxy) is 1. The van der Waals surface area contributed by atoms with Crippen molar-refractivity contribution in [2.75, 3.05) is 6.61 Å². The molecule has 1 rings (SSSR count). The largest absolute Gasteiger partial charge is 0.465 e. The first-order valence-corrected chi connectivity index (χ1v) is 8.59. The van der Waals surface area contributed by atoms with Gasteiger partial charge in [-0.05, 0) is 38.3 Å². The summed E-state index contributed by atoms with van der Waals surface area (Å²) < 4.78 is 5.05. The molecule has 0 aromatic carbocycles. The lowest BCUT2D eigenvalue weighted by Gasteiger charge is -2.08. The molecule has 0 radical (unpaired) electrons. The molecule has 0 saturated carbocycles. The standard InChI is InChI=1S/C18H25NO3S/c1-5-9-22-18(21)11-17-19-15(12-23-17)10-14(4)16(20)8-7-13(3)6-2/h6-7,10,12,16,20H,2,5,8-9,11H2,1,3-4H3/b13-7-,14-10+/t16-/m0/s1. The Bertz CT molecular complexity index is 587. The molecule has 1 heterocycles. The van der Waals surface area contributed by atoms with E-state index in [1.54, 1.807) is 6.08 Å². The van der Waals surface area contributed by atoms with E-state index in [1.165, 1.54) is 11.3 Å². The van der Waals surface area contributed by atoms with Crippen LogP contribution in [0.5, 0.6) is 0 Å². The zero-order valence-corrected chi connectivity index (χ0v) is 14.9. The van der Waals surface area contributed by atoms with Gasteiger partial charge in [0.05, 0.1) is 24.8 Å². The summed E-state index contributed by atoms with van der Waals surface area (Å²) in [5.74, 6) is -0.251. The third kappa shape index (κ3) is 7.39. The number of nitrogens with zero attached hydrogens (tertiary/aromatic N) is 1. The number of thiazole rings is 1. The van der Waals surface area contributed by atoms with E-state index < -0.39 is 6.10 Å². The second-order valence-corrected chi connectivity index (χ2v) is 6.30. The molecule has 0 spiro atoms. The number of hydrogen-bond donors (Lipinski definition) is 1. The Morgan fingerprint density at radius 1 is 1.52 bits per heavy atom. The highest BCUT2D eigenvalue weighted by atomic mass is 32.1. The smallest absolute Gasteiger partial charge is 0.312 e. The summed E-state index contributed by atoms with van der Waals surface area (Å²) in [4.78, 5) is 16.0. The van der Waals surface area contributed by atoms with Crippen molar-refractivity contribution in [3.63, 3.8) is 0 Å². The van der Waals surface area contributed by atoms with Crippen molar-refractivity contribution in [1.29, 1.82) is 0 Å². The summed E-state index contributed by atoms with van der Waals surface area (Å²) in [6.45, 7) is 9.91. The van der Waals surface area contributed by atoms with Gasteiger partial charge < -0.3 is 9.84 Å². The van der Waals surface area contributed by atoms with Crippen LogP contribution in [0.1, 0.15) is 44.3 Å². The number of hydrogen-bond acceptors (Lipinski definition) is 5. The molecule has 0 fully saturated rings. The van der Waals surface area contributed by atoms with Gasteiger partial charge in [0.2, 0.25) is 0 Å². The second-order valence-electron chi connectivity index (χ2n) is 5.36. The first-order chi connectivity index (χ1) is 11.0. The lowest BCUT2D eigenvalue weighted by atomic mass is 10.1. The maximum absolute atomic E-state index is 11.6. The highest BCUT2D eigenvalue weighted by Crippen LogP contribution is 2.17. The number of esters is 1. The summed E-state index contributed by atoms with van der Waals surface area (Å²) in [7, 11) is 0. The molecular formula is C18H25NO3S. The molecule has 1 atom stereocenters. The average molecular weight is 335 g/mol. The monoisotopic (exact) mass is 335 g/mol. The number of aliphatic hydroxyl groups is 1. The zero-order valence-electron chi connectivity index (χ0n) is 14.0.